The van der Waals surface area contributed by atoms with E-state index in [2.05, 4.69) is 4.40 Å². The molecular weight excluding hydrogens is 242 g/mol. The van der Waals surface area contributed by atoms with Crippen LogP contribution in [-0.2, 0) is 14.8 Å². The lowest BCUT2D eigenvalue weighted by atomic mass is 10.3. The molecule has 0 aliphatic carbocycles. The number of carbonyl (C=O) groups excluding carboxylic acids is 1. The first-order valence-electron chi connectivity index (χ1n) is 3.69. The molecule has 0 atom stereocenters. The zero-order valence-corrected chi connectivity index (χ0v) is 9.17. The second-order valence-electron chi connectivity index (χ2n) is 2.45. The Bertz CT molecular complexity index is 519. The first-order chi connectivity index (χ1) is 7.01. The smallest absolute Gasteiger partial charge is 0.296 e. The van der Waals surface area contributed by atoms with Crippen LogP contribution in [0.5, 0.6) is 5.75 Å². The van der Waals surface area contributed by atoms with Crippen LogP contribution in [0.4, 0.5) is 0 Å². The molecular formula is C8H6ClNO4S. The molecule has 0 aliphatic rings. The minimum atomic E-state index is -4.08. The fraction of sp³-hybridized carbons (Fsp3) is 0.125. The quantitative estimate of drug-likeness (QED) is 0.597. The molecule has 80 valence electrons. The zero-order valence-electron chi connectivity index (χ0n) is 7.60. The molecule has 0 spiro atoms. The number of halogens is 1. The topological polar surface area (TPSA) is 72.8 Å². The van der Waals surface area contributed by atoms with Gasteiger partial charge in [-0.2, -0.15) is 8.42 Å². The van der Waals surface area contributed by atoms with E-state index >= 15 is 0 Å². The zero-order chi connectivity index (χ0) is 11.5. The van der Waals surface area contributed by atoms with E-state index in [4.69, 9.17) is 16.3 Å². The van der Waals surface area contributed by atoms with E-state index in [0.29, 0.717) is 0 Å². The molecule has 0 fully saturated rings. The first kappa shape index (κ1) is 11.7. The van der Waals surface area contributed by atoms with Gasteiger partial charge in [-0.1, -0.05) is 16.0 Å². The van der Waals surface area contributed by atoms with Crippen molar-refractivity contribution in [2.75, 3.05) is 7.11 Å². The molecule has 0 unspecified atom stereocenters. The normalized spacial score (nSPS) is 10.5. The maximum atomic E-state index is 11.4. The predicted octanol–water partition coefficient (Wildman–Crippen LogP) is 1.37. The minimum Gasteiger partial charge on any atom is -0.495 e. The van der Waals surface area contributed by atoms with Crippen molar-refractivity contribution in [3.63, 3.8) is 0 Å². The molecule has 0 heterocycles. The summed E-state index contributed by atoms with van der Waals surface area (Å²) in [6, 6.07) is 3.98. The standard InChI is InChI=1S/C8H6ClNO4S/c1-14-7-3-2-6(9)4-8(7)15(12,13)10-5-11/h2-4H,1H3. The molecule has 1 aromatic rings. The van der Waals surface area contributed by atoms with Crippen molar-refractivity contribution >= 4 is 27.7 Å². The summed E-state index contributed by atoms with van der Waals surface area (Å²) < 4.78 is 30.3. The number of sulfonamides is 1. The monoisotopic (exact) mass is 247 g/mol. The second-order valence-corrected chi connectivity index (χ2v) is 4.46. The Balaban J connectivity index is 3.48. The molecule has 7 heteroatoms. The number of hydrogen-bond acceptors (Lipinski definition) is 4. The number of methoxy groups -OCH3 is 1. The predicted molar refractivity (Wildman–Crippen MR) is 53.3 cm³/mol. The van der Waals surface area contributed by atoms with Crippen LogP contribution < -0.4 is 4.74 Å². The van der Waals surface area contributed by atoms with E-state index in [1.807, 2.05) is 0 Å². The molecule has 0 saturated carbocycles. The van der Waals surface area contributed by atoms with E-state index in [1.165, 1.54) is 19.2 Å². The third-order valence-electron chi connectivity index (χ3n) is 1.56. The Hall–Kier alpha value is -1.36. The molecule has 0 N–H and O–H groups in total. The summed E-state index contributed by atoms with van der Waals surface area (Å²) in [5.74, 6) is 0.0680. The Morgan fingerprint density at radius 3 is 2.67 bits per heavy atom. The number of ether oxygens (including phenoxy) is 1. The Labute approximate surface area is 91.4 Å². The summed E-state index contributed by atoms with van der Waals surface area (Å²) in [6.07, 6.45) is 0.966. The molecule has 1 aromatic carbocycles. The molecule has 1 rings (SSSR count). The molecule has 0 amide bonds. The van der Waals surface area contributed by atoms with Crippen LogP contribution in [0, 0.1) is 0 Å². The molecule has 15 heavy (non-hydrogen) atoms. The number of benzene rings is 1. The van der Waals surface area contributed by atoms with E-state index < -0.39 is 10.0 Å². The number of isocyanates is 1. The molecule has 0 aromatic heterocycles. The van der Waals surface area contributed by atoms with Crippen molar-refractivity contribution < 1.29 is 17.9 Å². The summed E-state index contributed by atoms with van der Waals surface area (Å²) in [7, 11) is -2.79. The lowest BCUT2D eigenvalue weighted by Gasteiger charge is -2.05. The highest BCUT2D eigenvalue weighted by Crippen LogP contribution is 2.27. The van der Waals surface area contributed by atoms with Gasteiger partial charge in [-0.25, -0.2) is 4.79 Å². The fourth-order valence-corrected chi connectivity index (χ4v) is 2.07. The van der Waals surface area contributed by atoms with Crippen LogP contribution in [-0.4, -0.2) is 21.6 Å². The van der Waals surface area contributed by atoms with Crippen LogP contribution in [0.1, 0.15) is 0 Å². The second kappa shape index (κ2) is 4.44. The lowest BCUT2D eigenvalue weighted by Crippen LogP contribution is -1.99. The van der Waals surface area contributed by atoms with Crippen LogP contribution in [0.25, 0.3) is 0 Å². The first-order valence-corrected chi connectivity index (χ1v) is 5.51. The van der Waals surface area contributed by atoms with Gasteiger partial charge in [0.1, 0.15) is 10.6 Å². The molecule has 0 aliphatic heterocycles. The van der Waals surface area contributed by atoms with Crippen molar-refractivity contribution in [3.8, 4) is 5.75 Å². The summed E-state index contributed by atoms with van der Waals surface area (Å²) in [5, 5.41) is 0.204. The van der Waals surface area contributed by atoms with Gasteiger partial charge in [0.2, 0.25) is 0 Å². The Morgan fingerprint density at radius 2 is 2.13 bits per heavy atom. The van der Waals surface area contributed by atoms with Crippen molar-refractivity contribution in [2.45, 2.75) is 4.90 Å². The van der Waals surface area contributed by atoms with E-state index in [-0.39, 0.29) is 15.7 Å². The van der Waals surface area contributed by atoms with Gasteiger partial charge in [0.25, 0.3) is 16.1 Å². The van der Waals surface area contributed by atoms with Crippen molar-refractivity contribution in [3.05, 3.63) is 23.2 Å². The van der Waals surface area contributed by atoms with E-state index in [1.54, 1.807) is 0 Å². The van der Waals surface area contributed by atoms with Crippen LogP contribution in [0.15, 0.2) is 27.5 Å². The van der Waals surface area contributed by atoms with E-state index in [9.17, 15) is 13.2 Å². The maximum absolute atomic E-state index is 11.4. The minimum absolute atomic E-state index is 0.0680. The summed E-state index contributed by atoms with van der Waals surface area (Å²) in [4.78, 5) is 9.67. The van der Waals surface area contributed by atoms with Crippen molar-refractivity contribution in [1.29, 1.82) is 0 Å². The lowest BCUT2D eigenvalue weighted by molar-refractivity contribution is 0.403. The van der Waals surface area contributed by atoms with Gasteiger partial charge in [-0.05, 0) is 18.2 Å². The largest absolute Gasteiger partial charge is 0.495 e. The van der Waals surface area contributed by atoms with Gasteiger partial charge in [0, 0.05) is 5.02 Å². The Morgan fingerprint density at radius 1 is 1.47 bits per heavy atom. The van der Waals surface area contributed by atoms with Gasteiger partial charge in [-0.15, -0.1) is 0 Å². The third-order valence-corrected chi connectivity index (χ3v) is 2.99. The molecule has 5 nitrogen and oxygen atoms in total. The summed E-state index contributed by atoms with van der Waals surface area (Å²) in [6.45, 7) is 0. The summed E-state index contributed by atoms with van der Waals surface area (Å²) >= 11 is 5.62. The van der Waals surface area contributed by atoms with Crippen molar-refractivity contribution in [2.24, 2.45) is 4.40 Å². The average molecular weight is 248 g/mol. The highest BCUT2D eigenvalue weighted by Gasteiger charge is 2.18. The number of nitrogens with zero attached hydrogens (tertiary/aromatic N) is 1. The SMILES string of the molecule is COc1ccc(Cl)cc1S(=O)(=O)N=C=O. The maximum Gasteiger partial charge on any atom is 0.296 e. The Kier molecular flexibility index (Phi) is 3.47. The fourth-order valence-electron chi connectivity index (χ4n) is 0.950. The van der Waals surface area contributed by atoms with Gasteiger partial charge < -0.3 is 4.74 Å². The summed E-state index contributed by atoms with van der Waals surface area (Å²) in [5.41, 5.74) is 0. The highest BCUT2D eigenvalue weighted by atomic mass is 35.5. The van der Waals surface area contributed by atoms with Crippen LogP contribution in [0.3, 0.4) is 0 Å². The third kappa shape index (κ3) is 2.56. The number of hydrogen-bond donors (Lipinski definition) is 0. The van der Waals surface area contributed by atoms with Gasteiger partial charge in [0.15, 0.2) is 0 Å². The molecule has 0 radical (unpaired) electrons. The highest BCUT2D eigenvalue weighted by molar-refractivity contribution is 7.90. The van der Waals surface area contributed by atoms with Crippen molar-refractivity contribution in [1.82, 2.24) is 0 Å². The average Bonchev–Trinajstić information content (AvgIpc) is 2.17. The van der Waals surface area contributed by atoms with Crippen LogP contribution in [0.2, 0.25) is 5.02 Å². The van der Waals surface area contributed by atoms with Gasteiger partial charge in [-0.3, -0.25) is 0 Å². The van der Waals surface area contributed by atoms with Gasteiger partial charge in [0.05, 0.1) is 7.11 Å². The molecule has 0 saturated heterocycles. The van der Waals surface area contributed by atoms with E-state index in [0.717, 1.165) is 12.1 Å². The van der Waals surface area contributed by atoms with Gasteiger partial charge >= 0.3 is 0 Å². The molecule has 0 bridgehead atoms. The van der Waals surface area contributed by atoms with Crippen LogP contribution >= 0.6 is 11.6 Å². The number of rotatable bonds is 3.